The molecule has 2 aliphatic heterocycles. The van der Waals surface area contributed by atoms with Crippen LogP contribution in [0.25, 0.3) is 0 Å². The minimum absolute atomic E-state index is 0.0779. The number of aromatic nitrogens is 1. The van der Waals surface area contributed by atoms with Crippen molar-refractivity contribution in [2.24, 2.45) is 0 Å². The van der Waals surface area contributed by atoms with Crippen molar-refractivity contribution in [1.82, 2.24) is 19.7 Å². The molecule has 1 saturated heterocycles. The Hall–Kier alpha value is -2.64. The van der Waals surface area contributed by atoms with Gasteiger partial charge in [-0.1, -0.05) is 30.3 Å². The van der Waals surface area contributed by atoms with Gasteiger partial charge in [0.25, 0.3) is 0 Å². The van der Waals surface area contributed by atoms with Gasteiger partial charge in [-0.25, -0.2) is 4.79 Å². The van der Waals surface area contributed by atoms with Crippen LogP contribution in [0.1, 0.15) is 62.9 Å². The number of fused-ring (bicyclic) bond motifs is 1. The van der Waals surface area contributed by atoms with Crippen molar-refractivity contribution in [3.63, 3.8) is 0 Å². The Morgan fingerprint density at radius 1 is 1.08 bits per heavy atom. The maximum atomic E-state index is 12.5. The molecule has 0 aliphatic carbocycles. The molecule has 7 heteroatoms. The number of likely N-dealkylation sites (tertiary alicyclic amines) is 1. The number of hydrogen-bond acceptors (Lipinski definition) is 6. The van der Waals surface area contributed by atoms with Gasteiger partial charge in [0.2, 0.25) is 0 Å². The Kier molecular flexibility index (Phi) is 8.52. The molecule has 0 saturated carbocycles. The summed E-state index contributed by atoms with van der Waals surface area (Å²) in [6.07, 6.45) is 5.27. The lowest BCUT2D eigenvalue weighted by atomic mass is 9.92. The van der Waals surface area contributed by atoms with Gasteiger partial charge in [0.05, 0.1) is 5.69 Å². The number of amides is 1. The number of hydrogen-bond donors (Lipinski definition) is 0. The second-order valence-electron chi connectivity index (χ2n) is 11.3. The first kappa shape index (κ1) is 26.4. The third kappa shape index (κ3) is 6.98. The summed E-state index contributed by atoms with van der Waals surface area (Å²) in [6.45, 7) is 9.92. The summed E-state index contributed by atoms with van der Waals surface area (Å²) < 4.78 is 12.2. The highest BCUT2D eigenvalue weighted by atomic mass is 16.6. The van der Waals surface area contributed by atoms with Gasteiger partial charge in [-0.3, -0.25) is 9.88 Å². The average molecular weight is 495 g/mol. The van der Waals surface area contributed by atoms with E-state index in [1.165, 1.54) is 11.1 Å². The van der Waals surface area contributed by atoms with E-state index in [9.17, 15) is 4.79 Å². The lowest BCUT2D eigenvalue weighted by molar-refractivity contribution is 0.0123. The van der Waals surface area contributed by atoms with Crippen molar-refractivity contribution in [1.29, 1.82) is 0 Å². The number of rotatable bonds is 7. The van der Waals surface area contributed by atoms with Crippen molar-refractivity contribution in [3.05, 3.63) is 59.4 Å². The van der Waals surface area contributed by atoms with Crippen molar-refractivity contribution in [2.75, 3.05) is 40.3 Å². The Labute approximate surface area is 216 Å². The molecule has 36 heavy (non-hydrogen) atoms. The molecular weight excluding hydrogens is 452 g/mol. The normalized spacial score (nSPS) is 19.3. The minimum atomic E-state index is -0.478. The monoisotopic (exact) mass is 494 g/mol. The number of pyridine rings is 1. The molecule has 2 aromatic rings. The van der Waals surface area contributed by atoms with Crippen LogP contribution in [0.3, 0.4) is 0 Å². The smallest absolute Gasteiger partial charge is 0.410 e. The van der Waals surface area contributed by atoms with Crippen LogP contribution < -0.4 is 4.74 Å². The number of ether oxygens (including phenoxy) is 2. The molecule has 1 fully saturated rings. The number of nitrogens with zero attached hydrogens (tertiary/aromatic N) is 4. The van der Waals surface area contributed by atoms with Crippen LogP contribution in [0.4, 0.5) is 4.79 Å². The van der Waals surface area contributed by atoms with Gasteiger partial charge in [0.15, 0.2) is 0 Å². The highest BCUT2D eigenvalue weighted by Gasteiger charge is 2.33. The van der Waals surface area contributed by atoms with E-state index < -0.39 is 5.60 Å². The van der Waals surface area contributed by atoms with Gasteiger partial charge in [0, 0.05) is 63.2 Å². The molecule has 1 amide bonds. The number of piperidine rings is 1. The van der Waals surface area contributed by atoms with Crippen LogP contribution in [-0.4, -0.2) is 77.8 Å². The average Bonchev–Trinajstić information content (AvgIpc) is 2.83. The topological polar surface area (TPSA) is 58.1 Å². The summed E-state index contributed by atoms with van der Waals surface area (Å²) in [4.78, 5) is 23.9. The molecule has 0 radical (unpaired) electrons. The summed E-state index contributed by atoms with van der Waals surface area (Å²) in [7, 11) is 4.26. The predicted octanol–water partition coefficient (Wildman–Crippen LogP) is 4.91. The molecule has 196 valence electrons. The molecule has 3 heterocycles. The van der Waals surface area contributed by atoms with E-state index in [2.05, 4.69) is 54.2 Å². The number of carbonyl (C=O) groups is 1. The van der Waals surface area contributed by atoms with Crippen LogP contribution in [-0.2, 0) is 17.7 Å². The van der Waals surface area contributed by atoms with E-state index in [0.29, 0.717) is 13.1 Å². The van der Waals surface area contributed by atoms with Gasteiger partial charge >= 0.3 is 6.09 Å². The fourth-order valence-electron chi connectivity index (χ4n) is 5.12. The summed E-state index contributed by atoms with van der Waals surface area (Å²) in [5, 5.41) is 0. The standard InChI is InChI=1S/C29H42N4O3/c1-29(2,3)36-28(34)32-18-12-23(13-19-32)35-26-11-16-30-24-14-20-33(21-22-9-7-6-8-10-22)25(27(24)26)15-17-31(4)5/h6-11,16,23,25H,12-15,17-21H2,1-5H3. The van der Waals surface area contributed by atoms with Crippen LogP contribution in [0.15, 0.2) is 42.6 Å². The lowest BCUT2D eigenvalue weighted by Crippen LogP contribution is -2.44. The summed E-state index contributed by atoms with van der Waals surface area (Å²) in [5.41, 5.74) is 3.26. The molecule has 7 nitrogen and oxygen atoms in total. The molecule has 2 aliphatic rings. The lowest BCUT2D eigenvalue weighted by Gasteiger charge is -2.39. The zero-order chi connectivity index (χ0) is 25.7. The van der Waals surface area contributed by atoms with E-state index in [0.717, 1.165) is 56.8 Å². The fraction of sp³-hybridized carbons (Fsp3) is 0.586. The van der Waals surface area contributed by atoms with Gasteiger partial charge in [-0.05, 0) is 59.5 Å². The third-order valence-corrected chi connectivity index (χ3v) is 6.91. The fourth-order valence-corrected chi connectivity index (χ4v) is 5.12. The number of benzene rings is 1. The minimum Gasteiger partial charge on any atom is -0.490 e. The van der Waals surface area contributed by atoms with Crippen molar-refractivity contribution >= 4 is 6.09 Å². The van der Waals surface area contributed by atoms with Crippen molar-refractivity contribution in [3.8, 4) is 5.75 Å². The molecule has 0 N–H and O–H groups in total. The second-order valence-corrected chi connectivity index (χ2v) is 11.3. The quantitative estimate of drug-likeness (QED) is 0.545. The first-order valence-electron chi connectivity index (χ1n) is 13.2. The second kappa shape index (κ2) is 11.6. The maximum absolute atomic E-state index is 12.5. The first-order chi connectivity index (χ1) is 17.2. The summed E-state index contributed by atoms with van der Waals surface area (Å²) in [6, 6.07) is 13.0. The van der Waals surface area contributed by atoms with Gasteiger partial charge in [-0.2, -0.15) is 0 Å². The molecule has 0 bridgehead atoms. The predicted molar refractivity (Wildman–Crippen MR) is 142 cm³/mol. The Bertz CT molecular complexity index is 997. The van der Waals surface area contributed by atoms with Crippen molar-refractivity contribution < 1.29 is 14.3 Å². The first-order valence-corrected chi connectivity index (χ1v) is 13.2. The highest BCUT2D eigenvalue weighted by molar-refractivity contribution is 5.68. The molecule has 1 aromatic carbocycles. The largest absolute Gasteiger partial charge is 0.490 e. The van der Waals surface area contributed by atoms with E-state index in [-0.39, 0.29) is 18.2 Å². The number of carbonyl (C=O) groups excluding carboxylic acids is 1. The maximum Gasteiger partial charge on any atom is 0.410 e. The van der Waals surface area contributed by atoms with Gasteiger partial charge < -0.3 is 19.3 Å². The molecular formula is C29H42N4O3. The van der Waals surface area contributed by atoms with Crippen LogP contribution in [0.5, 0.6) is 5.75 Å². The van der Waals surface area contributed by atoms with Crippen LogP contribution >= 0.6 is 0 Å². The van der Waals surface area contributed by atoms with E-state index in [1.54, 1.807) is 4.90 Å². The molecule has 0 spiro atoms. The molecule has 1 unspecified atom stereocenters. The van der Waals surface area contributed by atoms with Gasteiger partial charge in [-0.15, -0.1) is 0 Å². The zero-order valence-electron chi connectivity index (χ0n) is 22.6. The Morgan fingerprint density at radius 3 is 2.47 bits per heavy atom. The van der Waals surface area contributed by atoms with Crippen LogP contribution in [0.2, 0.25) is 0 Å². The van der Waals surface area contributed by atoms with Gasteiger partial charge in [0.1, 0.15) is 17.5 Å². The van der Waals surface area contributed by atoms with E-state index in [4.69, 9.17) is 14.5 Å². The van der Waals surface area contributed by atoms with Crippen molar-refractivity contribution in [2.45, 2.75) is 70.7 Å². The van der Waals surface area contributed by atoms with Crippen LogP contribution in [0, 0.1) is 0 Å². The summed E-state index contributed by atoms with van der Waals surface area (Å²) >= 11 is 0. The molecule has 4 rings (SSSR count). The van der Waals surface area contributed by atoms with E-state index >= 15 is 0 Å². The third-order valence-electron chi connectivity index (χ3n) is 6.91. The molecule has 1 atom stereocenters. The highest BCUT2D eigenvalue weighted by Crippen LogP contribution is 2.39. The van der Waals surface area contributed by atoms with E-state index in [1.807, 2.05) is 33.0 Å². The zero-order valence-corrected chi connectivity index (χ0v) is 22.6. The SMILES string of the molecule is CN(C)CCC1c2c(OC3CCN(C(=O)OC(C)(C)C)CC3)ccnc2CCN1Cc1ccccc1. The summed E-state index contributed by atoms with van der Waals surface area (Å²) in [5.74, 6) is 0.956. The Balaban J connectivity index is 1.49. The Morgan fingerprint density at radius 2 is 1.81 bits per heavy atom. The molecule has 1 aromatic heterocycles.